The summed E-state index contributed by atoms with van der Waals surface area (Å²) < 4.78 is 7.52. The van der Waals surface area contributed by atoms with E-state index in [1.807, 2.05) is 31.5 Å². The first-order chi connectivity index (χ1) is 14.2. The molecule has 3 heterocycles. The number of amides is 1. The van der Waals surface area contributed by atoms with Gasteiger partial charge in [-0.25, -0.2) is 4.79 Å². The molecule has 0 unspecified atom stereocenters. The highest BCUT2D eigenvalue weighted by atomic mass is 16.6. The topological polar surface area (TPSA) is 96.8 Å². The zero-order valence-corrected chi connectivity index (χ0v) is 18.2. The lowest BCUT2D eigenvalue weighted by Crippen LogP contribution is -2.42. The lowest BCUT2D eigenvalue weighted by molar-refractivity contribution is 0.0185. The molecule has 4 rings (SSSR count). The van der Waals surface area contributed by atoms with Gasteiger partial charge in [-0.05, 0) is 58.6 Å². The number of nitrogens with two attached hydrogens (primary N) is 1. The maximum absolute atomic E-state index is 12.3. The number of nitrogen functional groups attached to an aromatic ring is 1. The van der Waals surface area contributed by atoms with Gasteiger partial charge in [-0.15, -0.1) is 0 Å². The van der Waals surface area contributed by atoms with E-state index in [2.05, 4.69) is 17.2 Å². The van der Waals surface area contributed by atoms with Gasteiger partial charge in [-0.1, -0.05) is 0 Å². The van der Waals surface area contributed by atoms with E-state index in [0.29, 0.717) is 13.1 Å². The highest BCUT2D eigenvalue weighted by Gasteiger charge is 2.28. The summed E-state index contributed by atoms with van der Waals surface area (Å²) in [5.41, 5.74) is 8.55. The van der Waals surface area contributed by atoms with Crippen molar-refractivity contribution in [2.75, 3.05) is 36.8 Å². The van der Waals surface area contributed by atoms with Crippen LogP contribution < -0.4 is 10.6 Å². The second kappa shape index (κ2) is 7.98. The summed E-state index contributed by atoms with van der Waals surface area (Å²) in [4.78, 5) is 16.3. The van der Waals surface area contributed by atoms with Crippen molar-refractivity contribution in [3.8, 4) is 0 Å². The monoisotopic (exact) mass is 415 g/mol. The number of aromatic nitrogens is 2. The fourth-order valence-electron chi connectivity index (χ4n) is 4.30. The molecule has 2 aliphatic heterocycles. The van der Waals surface area contributed by atoms with Crippen molar-refractivity contribution in [1.29, 1.82) is 0 Å². The molecule has 2 saturated heterocycles. The normalized spacial score (nSPS) is 19.5. The van der Waals surface area contributed by atoms with Gasteiger partial charge < -0.3 is 25.4 Å². The lowest BCUT2D eigenvalue weighted by Gasteiger charge is -2.33. The number of aliphatic hydroxyl groups excluding tert-OH is 1. The van der Waals surface area contributed by atoms with Crippen molar-refractivity contribution in [1.82, 2.24) is 14.7 Å². The fraction of sp³-hybridized carbons (Fsp3) is 0.636. The Balaban J connectivity index is 1.45. The van der Waals surface area contributed by atoms with Gasteiger partial charge in [0.25, 0.3) is 0 Å². The molecular weight excluding hydrogens is 382 g/mol. The predicted octanol–water partition coefficient (Wildman–Crippen LogP) is 3.15. The van der Waals surface area contributed by atoms with Gasteiger partial charge in [0.1, 0.15) is 5.60 Å². The number of hydrogen-bond donors (Lipinski definition) is 2. The van der Waals surface area contributed by atoms with Crippen LogP contribution in [0.1, 0.15) is 52.5 Å². The predicted molar refractivity (Wildman–Crippen MR) is 118 cm³/mol. The molecule has 2 aromatic rings. The molecule has 0 radical (unpaired) electrons. The number of aliphatic hydroxyl groups is 1. The highest BCUT2D eigenvalue weighted by Crippen LogP contribution is 2.32. The first-order valence-electron chi connectivity index (χ1n) is 10.9. The Kier molecular flexibility index (Phi) is 5.53. The van der Waals surface area contributed by atoms with Crippen LogP contribution in [0.3, 0.4) is 0 Å². The van der Waals surface area contributed by atoms with E-state index >= 15 is 0 Å². The molecule has 2 aliphatic rings. The number of benzene rings is 1. The first-order valence-corrected chi connectivity index (χ1v) is 10.9. The molecule has 164 valence electrons. The molecule has 0 atom stereocenters. The van der Waals surface area contributed by atoms with Gasteiger partial charge >= 0.3 is 6.09 Å². The van der Waals surface area contributed by atoms with Gasteiger partial charge in [0.05, 0.1) is 29.0 Å². The number of carbonyl (C=O) groups excluding carboxylic acids is 1. The minimum absolute atomic E-state index is 0.211. The number of carbonyl (C=O) groups is 1. The molecular formula is C22H33N5O3. The van der Waals surface area contributed by atoms with Crippen LogP contribution in [0.5, 0.6) is 0 Å². The van der Waals surface area contributed by atoms with E-state index in [0.717, 1.165) is 61.1 Å². The van der Waals surface area contributed by atoms with Crippen molar-refractivity contribution >= 4 is 28.4 Å². The fourth-order valence-corrected chi connectivity index (χ4v) is 4.30. The SMILES string of the molecule is CC(C)(C)OC(=O)N1CCC(n2cc3cc(N)c(N4CCC(O)CC4)cc3n2)CC1. The van der Waals surface area contributed by atoms with Gasteiger partial charge in [-0.3, -0.25) is 4.68 Å². The quantitative estimate of drug-likeness (QED) is 0.732. The third-order valence-electron chi connectivity index (χ3n) is 5.97. The van der Waals surface area contributed by atoms with E-state index in [-0.39, 0.29) is 18.2 Å². The molecule has 30 heavy (non-hydrogen) atoms. The third kappa shape index (κ3) is 4.48. The molecule has 8 nitrogen and oxygen atoms in total. The second-order valence-electron chi connectivity index (χ2n) is 9.50. The maximum Gasteiger partial charge on any atom is 0.410 e. The number of ether oxygens (including phenoxy) is 1. The van der Waals surface area contributed by atoms with Crippen molar-refractivity contribution < 1.29 is 14.6 Å². The van der Waals surface area contributed by atoms with Crippen LogP contribution in [0.4, 0.5) is 16.2 Å². The number of hydrogen-bond acceptors (Lipinski definition) is 6. The number of likely N-dealkylation sites (tertiary alicyclic amines) is 1. The smallest absolute Gasteiger partial charge is 0.410 e. The van der Waals surface area contributed by atoms with Crippen LogP contribution >= 0.6 is 0 Å². The van der Waals surface area contributed by atoms with Crippen molar-refractivity contribution in [3.05, 3.63) is 18.3 Å². The largest absolute Gasteiger partial charge is 0.444 e. The van der Waals surface area contributed by atoms with Gasteiger partial charge in [0.2, 0.25) is 0 Å². The molecule has 0 saturated carbocycles. The Bertz CT molecular complexity index is 903. The van der Waals surface area contributed by atoms with Crippen LogP contribution in [0.25, 0.3) is 10.9 Å². The third-order valence-corrected chi connectivity index (χ3v) is 5.97. The summed E-state index contributed by atoms with van der Waals surface area (Å²) in [6.07, 6.45) is 4.83. The summed E-state index contributed by atoms with van der Waals surface area (Å²) in [7, 11) is 0. The standard InChI is InChI=1S/C22H33N5O3/c1-22(2,3)30-21(29)26-8-4-16(5-9-26)27-14-15-12-18(23)20(13-19(15)24-27)25-10-6-17(28)7-11-25/h12-14,16-17,28H,4-11,23H2,1-3H3. The van der Waals surface area contributed by atoms with Crippen LogP contribution in [0.2, 0.25) is 0 Å². The Hall–Kier alpha value is -2.48. The molecule has 1 aromatic heterocycles. The molecule has 8 heteroatoms. The number of nitrogens with zero attached hydrogens (tertiary/aromatic N) is 4. The van der Waals surface area contributed by atoms with Crippen LogP contribution in [-0.4, -0.2) is 63.8 Å². The summed E-state index contributed by atoms with van der Waals surface area (Å²) in [5, 5.41) is 15.6. The molecule has 2 fully saturated rings. The van der Waals surface area contributed by atoms with Crippen molar-refractivity contribution in [2.45, 2.75) is 64.2 Å². The molecule has 0 spiro atoms. The maximum atomic E-state index is 12.3. The second-order valence-corrected chi connectivity index (χ2v) is 9.50. The van der Waals surface area contributed by atoms with Gasteiger partial charge in [0.15, 0.2) is 0 Å². The molecule has 3 N–H and O–H groups in total. The van der Waals surface area contributed by atoms with Crippen LogP contribution in [-0.2, 0) is 4.74 Å². The molecule has 1 amide bonds. The van der Waals surface area contributed by atoms with E-state index in [1.165, 1.54) is 0 Å². The first kappa shape index (κ1) is 20.8. The number of piperidine rings is 2. The highest BCUT2D eigenvalue weighted by molar-refractivity contribution is 5.89. The summed E-state index contributed by atoms with van der Waals surface area (Å²) in [6.45, 7) is 8.61. The van der Waals surface area contributed by atoms with Crippen LogP contribution in [0, 0.1) is 0 Å². The van der Waals surface area contributed by atoms with E-state index in [4.69, 9.17) is 15.6 Å². The van der Waals surface area contributed by atoms with E-state index in [9.17, 15) is 9.90 Å². The lowest BCUT2D eigenvalue weighted by atomic mass is 10.1. The van der Waals surface area contributed by atoms with Crippen molar-refractivity contribution in [3.63, 3.8) is 0 Å². The minimum atomic E-state index is -0.474. The number of fused-ring (bicyclic) bond motifs is 1. The van der Waals surface area contributed by atoms with E-state index in [1.54, 1.807) is 4.90 Å². The molecule has 0 aliphatic carbocycles. The summed E-state index contributed by atoms with van der Waals surface area (Å²) in [5.74, 6) is 0. The van der Waals surface area contributed by atoms with Gasteiger partial charge in [-0.2, -0.15) is 5.10 Å². The Labute approximate surface area is 177 Å². The van der Waals surface area contributed by atoms with Crippen LogP contribution in [0.15, 0.2) is 18.3 Å². The summed E-state index contributed by atoms with van der Waals surface area (Å²) >= 11 is 0. The summed E-state index contributed by atoms with van der Waals surface area (Å²) in [6, 6.07) is 4.31. The molecule has 1 aromatic carbocycles. The zero-order chi connectivity index (χ0) is 21.5. The van der Waals surface area contributed by atoms with Gasteiger partial charge in [0, 0.05) is 37.8 Å². The average molecular weight is 416 g/mol. The Morgan fingerprint density at radius 3 is 2.43 bits per heavy atom. The minimum Gasteiger partial charge on any atom is -0.444 e. The molecule has 0 bridgehead atoms. The Morgan fingerprint density at radius 1 is 1.13 bits per heavy atom. The number of anilines is 2. The number of rotatable bonds is 2. The van der Waals surface area contributed by atoms with Crippen molar-refractivity contribution in [2.24, 2.45) is 0 Å². The average Bonchev–Trinajstić information content (AvgIpc) is 3.10. The van der Waals surface area contributed by atoms with E-state index < -0.39 is 5.60 Å². The Morgan fingerprint density at radius 2 is 1.80 bits per heavy atom. The zero-order valence-electron chi connectivity index (χ0n) is 18.2.